The lowest BCUT2D eigenvalue weighted by atomic mass is 9.81. The Morgan fingerprint density at radius 1 is 1.22 bits per heavy atom. The SMILES string of the molecule is C[C@H](C(=O)N1CC2CC[C@@H](F)C[C@@H]2C1)C(C)(C)C. The molecule has 1 saturated heterocycles. The van der Waals surface area contributed by atoms with Crippen LogP contribution in [0.3, 0.4) is 0 Å². The third-order valence-corrected chi connectivity index (χ3v) is 4.97. The van der Waals surface area contributed by atoms with Crippen LogP contribution in [0.15, 0.2) is 0 Å². The van der Waals surface area contributed by atoms with Crippen molar-refractivity contribution in [1.29, 1.82) is 0 Å². The van der Waals surface area contributed by atoms with Crippen LogP contribution in [0.25, 0.3) is 0 Å². The first-order chi connectivity index (χ1) is 8.29. The van der Waals surface area contributed by atoms with Crippen molar-refractivity contribution >= 4 is 5.91 Å². The van der Waals surface area contributed by atoms with Gasteiger partial charge in [-0.3, -0.25) is 4.79 Å². The molecule has 1 saturated carbocycles. The van der Waals surface area contributed by atoms with Crippen LogP contribution in [-0.4, -0.2) is 30.1 Å². The van der Waals surface area contributed by atoms with Gasteiger partial charge in [-0.15, -0.1) is 0 Å². The fourth-order valence-corrected chi connectivity index (χ4v) is 3.20. The van der Waals surface area contributed by atoms with Crippen molar-refractivity contribution in [3.63, 3.8) is 0 Å². The van der Waals surface area contributed by atoms with Gasteiger partial charge in [-0.05, 0) is 36.5 Å². The summed E-state index contributed by atoms with van der Waals surface area (Å²) in [4.78, 5) is 14.4. The largest absolute Gasteiger partial charge is 0.342 e. The fourth-order valence-electron chi connectivity index (χ4n) is 3.20. The monoisotopic (exact) mass is 255 g/mol. The molecular weight excluding hydrogens is 229 g/mol. The van der Waals surface area contributed by atoms with Gasteiger partial charge in [0, 0.05) is 19.0 Å². The molecule has 2 aliphatic rings. The average molecular weight is 255 g/mol. The second kappa shape index (κ2) is 4.82. The number of amides is 1. The molecule has 1 amide bonds. The molecule has 1 heterocycles. The number of rotatable bonds is 1. The summed E-state index contributed by atoms with van der Waals surface area (Å²) in [5.74, 6) is 1.25. The Morgan fingerprint density at radius 2 is 1.83 bits per heavy atom. The summed E-state index contributed by atoms with van der Waals surface area (Å²) < 4.78 is 13.4. The van der Waals surface area contributed by atoms with Crippen molar-refractivity contribution < 1.29 is 9.18 Å². The maximum absolute atomic E-state index is 13.4. The van der Waals surface area contributed by atoms with Gasteiger partial charge in [0.05, 0.1) is 0 Å². The van der Waals surface area contributed by atoms with E-state index in [0.29, 0.717) is 24.7 Å². The predicted molar refractivity (Wildman–Crippen MR) is 70.9 cm³/mol. The van der Waals surface area contributed by atoms with Crippen LogP contribution in [0.4, 0.5) is 4.39 Å². The van der Waals surface area contributed by atoms with Gasteiger partial charge < -0.3 is 4.90 Å². The molecule has 2 fully saturated rings. The summed E-state index contributed by atoms with van der Waals surface area (Å²) in [6.07, 6.45) is 1.68. The van der Waals surface area contributed by atoms with Gasteiger partial charge in [0.15, 0.2) is 0 Å². The van der Waals surface area contributed by atoms with E-state index in [1.807, 2.05) is 11.8 Å². The zero-order valence-corrected chi connectivity index (χ0v) is 12.1. The molecule has 1 unspecified atom stereocenters. The summed E-state index contributed by atoms with van der Waals surface area (Å²) in [5, 5.41) is 0. The van der Waals surface area contributed by atoms with Crippen molar-refractivity contribution in [3.05, 3.63) is 0 Å². The first-order valence-corrected chi connectivity index (χ1v) is 7.22. The molecule has 1 aliphatic heterocycles. The third kappa shape index (κ3) is 2.70. The van der Waals surface area contributed by atoms with E-state index in [-0.39, 0.29) is 17.2 Å². The second-order valence-corrected chi connectivity index (χ2v) is 7.26. The second-order valence-electron chi connectivity index (χ2n) is 7.26. The highest BCUT2D eigenvalue weighted by atomic mass is 19.1. The number of nitrogens with zero attached hydrogens (tertiary/aromatic N) is 1. The van der Waals surface area contributed by atoms with Gasteiger partial charge in [0.1, 0.15) is 6.17 Å². The van der Waals surface area contributed by atoms with Gasteiger partial charge in [-0.25, -0.2) is 4.39 Å². The standard InChI is InChI=1S/C15H26FNO/c1-10(15(2,3)4)14(18)17-8-11-5-6-13(16)7-12(11)9-17/h10-13H,5-9H2,1-4H3/t10-,11?,12-,13-/m1/s1. The molecule has 0 aromatic heterocycles. The van der Waals surface area contributed by atoms with Crippen molar-refractivity contribution in [1.82, 2.24) is 4.90 Å². The maximum Gasteiger partial charge on any atom is 0.225 e. The summed E-state index contributed by atoms with van der Waals surface area (Å²) in [6.45, 7) is 9.98. The van der Waals surface area contributed by atoms with Gasteiger partial charge in [-0.1, -0.05) is 27.7 Å². The molecular formula is C15H26FNO. The van der Waals surface area contributed by atoms with E-state index in [2.05, 4.69) is 20.8 Å². The summed E-state index contributed by atoms with van der Waals surface area (Å²) in [6, 6.07) is 0. The first-order valence-electron chi connectivity index (χ1n) is 7.22. The van der Waals surface area contributed by atoms with Crippen molar-refractivity contribution in [3.8, 4) is 0 Å². The van der Waals surface area contributed by atoms with Crippen LogP contribution in [-0.2, 0) is 4.79 Å². The first kappa shape index (κ1) is 13.8. The normalized spacial score (nSPS) is 34.3. The lowest BCUT2D eigenvalue weighted by molar-refractivity contribution is -0.137. The Morgan fingerprint density at radius 3 is 2.44 bits per heavy atom. The Bertz CT molecular complexity index is 323. The van der Waals surface area contributed by atoms with E-state index in [1.54, 1.807) is 0 Å². The number of hydrogen-bond donors (Lipinski definition) is 0. The third-order valence-electron chi connectivity index (χ3n) is 4.97. The number of alkyl halides is 1. The quantitative estimate of drug-likeness (QED) is 0.704. The number of hydrogen-bond acceptors (Lipinski definition) is 1. The van der Waals surface area contributed by atoms with Gasteiger partial charge in [0.25, 0.3) is 0 Å². The van der Waals surface area contributed by atoms with Gasteiger partial charge in [0.2, 0.25) is 5.91 Å². The van der Waals surface area contributed by atoms with Crippen LogP contribution in [0.5, 0.6) is 0 Å². The minimum absolute atomic E-state index is 0.00741. The highest BCUT2D eigenvalue weighted by Crippen LogP contribution is 2.39. The van der Waals surface area contributed by atoms with Crippen molar-refractivity contribution in [2.24, 2.45) is 23.2 Å². The molecule has 3 heteroatoms. The minimum Gasteiger partial charge on any atom is -0.342 e. The lowest BCUT2D eigenvalue weighted by Gasteiger charge is -2.30. The Kier molecular flexibility index (Phi) is 3.70. The summed E-state index contributed by atoms with van der Waals surface area (Å²) in [7, 11) is 0. The molecule has 0 spiro atoms. The molecule has 2 rings (SSSR count). The summed E-state index contributed by atoms with van der Waals surface area (Å²) >= 11 is 0. The maximum atomic E-state index is 13.4. The molecule has 0 aromatic rings. The number of likely N-dealkylation sites (tertiary alicyclic amines) is 1. The zero-order chi connectivity index (χ0) is 13.5. The Labute approximate surface area is 110 Å². The van der Waals surface area contributed by atoms with E-state index in [4.69, 9.17) is 0 Å². The van der Waals surface area contributed by atoms with Crippen LogP contribution in [0, 0.1) is 23.2 Å². The number of carbonyl (C=O) groups excluding carboxylic acids is 1. The molecule has 0 bridgehead atoms. The van der Waals surface area contributed by atoms with E-state index in [9.17, 15) is 9.18 Å². The molecule has 18 heavy (non-hydrogen) atoms. The van der Waals surface area contributed by atoms with E-state index in [0.717, 1.165) is 19.5 Å². The van der Waals surface area contributed by atoms with Crippen molar-refractivity contribution in [2.75, 3.05) is 13.1 Å². The van der Waals surface area contributed by atoms with Crippen LogP contribution in [0.1, 0.15) is 47.0 Å². The minimum atomic E-state index is -0.638. The smallest absolute Gasteiger partial charge is 0.225 e. The van der Waals surface area contributed by atoms with E-state index >= 15 is 0 Å². The molecule has 104 valence electrons. The molecule has 1 aliphatic carbocycles. The van der Waals surface area contributed by atoms with Crippen LogP contribution < -0.4 is 0 Å². The Balaban J connectivity index is 1.98. The highest BCUT2D eigenvalue weighted by molar-refractivity contribution is 5.79. The molecule has 0 aromatic carbocycles. The average Bonchev–Trinajstić information content (AvgIpc) is 2.68. The predicted octanol–water partition coefficient (Wildman–Crippen LogP) is 3.27. The topological polar surface area (TPSA) is 20.3 Å². The van der Waals surface area contributed by atoms with Crippen LogP contribution in [0.2, 0.25) is 0 Å². The van der Waals surface area contributed by atoms with E-state index in [1.165, 1.54) is 0 Å². The molecule has 2 nitrogen and oxygen atoms in total. The fraction of sp³-hybridized carbons (Fsp3) is 0.933. The van der Waals surface area contributed by atoms with Gasteiger partial charge >= 0.3 is 0 Å². The molecule has 0 radical (unpaired) electrons. The number of carbonyl (C=O) groups is 1. The number of fused-ring (bicyclic) bond motifs is 1. The lowest BCUT2D eigenvalue weighted by Crippen LogP contribution is -2.38. The van der Waals surface area contributed by atoms with Crippen molar-refractivity contribution in [2.45, 2.75) is 53.1 Å². The zero-order valence-electron chi connectivity index (χ0n) is 12.1. The van der Waals surface area contributed by atoms with Gasteiger partial charge in [-0.2, -0.15) is 0 Å². The van der Waals surface area contributed by atoms with Crippen LogP contribution >= 0.6 is 0 Å². The number of halogens is 1. The molecule has 4 atom stereocenters. The molecule has 0 N–H and O–H groups in total. The Hall–Kier alpha value is -0.600. The van der Waals surface area contributed by atoms with E-state index < -0.39 is 6.17 Å². The summed E-state index contributed by atoms with van der Waals surface area (Å²) in [5.41, 5.74) is 0.00741. The highest BCUT2D eigenvalue weighted by Gasteiger charge is 2.41.